The molecule has 1 amide bonds. The average Bonchev–Trinajstić information content (AvgIpc) is 2.24. The molecule has 18 heavy (non-hydrogen) atoms. The summed E-state index contributed by atoms with van der Waals surface area (Å²) < 4.78 is 27.3. The zero-order valence-corrected chi connectivity index (χ0v) is 12.5. The highest BCUT2D eigenvalue weighted by atomic mass is 79.9. The van der Waals surface area contributed by atoms with Crippen LogP contribution in [0.5, 0.6) is 0 Å². The smallest absolute Gasteiger partial charge is 0.257 e. The first kappa shape index (κ1) is 15.4. The maximum atomic E-state index is 13.5. The number of thioether (sulfide) groups is 1. The van der Waals surface area contributed by atoms with Gasteiger partial charge in [-0.3, -0.25) is 4.79 Å². The molecule has 1 aromatic rings. The number of carbonyl (C=O) groups excluding carboxylic acids is 1. The molecule has 0 spiro atoms. The van der Waals surface area contributed by atoms with Crippen molar-refractivity contribution >= 4 is 33.6 Å². The summed E-state index contributed by atoms with van der Waals surface area (Å²) in [7, 11) is 0. The Bertz CT molecular complexity index is 419. The Kier molecular flexibility index (Phi) is 6.08. The van der Waals surface area contributed by atoms with Crippen molar-refractivity contribution in [3.05, 3.63) is 33.8 Å². The van der Waals surface area contributed by atoms with Crippen molar-refractivity contribution in [1.29, 1.82) is 0 Å². The lowest BCUT2D eigenvalue weighted by Gasteiger charge is -2.14. The van der Waals surface area contributed by atoms with E-state index in [2.05, 4.69) is 21.2 Å². The lowest BCUT2D eigenvalue weighted by atomic mass is 10.1. The molecule has 0 aliphatic carbocycles. The third-order valence-electron chi connectivity index (χ3n) is 2.18. The number of rotatable bonds is 5. The van der Waals surface area contributed by atoms with E-state index in [-0.39, 0.29) is 10.5 Å². The second-order valence-corrected chi connectivity index (χ2v) is 6.01. The van der Waals surface area contributed by atoms with E-state index in [0.717, 1.165) is 17.9 Å². The first-order chi connectivity index (χ1) is 8.45. The van der Waals surface area contributed by atoms with Crippen LogP contribution in [0, 0.1) is 11.6 Å². The third kappa shape index (κ3) is 4.24. The fourth-order valence-electron chi connectivity index (χ4n) is 1.39. The van der Waals surface area contributed by atoms with Crippen molar-refractivity contribution < 1.29 is 13.6 Å². The molecule has 0 saturated heterocycles. The van der Waals surface area contributed by atoms with E-state index < -0.39 is 23.1 Å². The Labute approximate surface area is 118 Å². The highest BCUT2D eigenvalue weighted by Gasteiger charge is 2.19. The Morgan fingerprint density at radius 1 is 1.44 bits per heavy atom. The Morgan fingerprint density at radius 3 is 2.50 bits per heavy atom. The van der Waals surface area contributed by atoms with E-state index in [4.69, 9.17) is 0 Å². The minimum Gasteiger partial charge on any atom is -0.349 e. The van der Waals surface area contributed by atoms with Crippen LogP contribution in [0.3, 0.4) is 0 Å². The minimum absolute atomic E-state index is 0.134. The Balaban J connectivity index is 2.78. The molecule has 0 aliphatic rings. The van der Waals surface area contributed by atoms with Gasteiger partial charge in [-0.2, -0.15) is 11.8 Å². The Hall–Kier alpha value is -0.620. The van der Waals surface area contributed by atoms with Crippen molar-refractivity contribution in [2.24, 2.45) is 0 Å². The van der Waals surface area contributed by atoms with Gasteiger partial charge in [-0.15, -0.1) is 0 Å². The van der Waals surface area contributed by atoms with Crippen LogP contribution < -0.4 is 5.32 Å². The monoisotopic (exact) mass is 337 g/mol. The van der Waals surface area contributed by atoms with Crippen molar-refractivity contribution in [3.8, 4) is 0 Å². The van der Waals surface area contributed by atoms with Crippen LogP contribution in [0.4, 0.5) is 8.78 Å². The van der Waals surface area contributed by atoms with Gasteiger partial charge < -0.3 is 5.32 Å². The molecule has 6 heteroatoms. The van der Waals surface area contributed by atoms with Crippen molar-refractivity contribution in [2.75, 3.05) is 11.5 Å². The molecule has 0 bridgehead atoms. The predicted octanol–water partition coefficient (Wildman–Crippen LogP) is 3.60. The topological polar surface area (TPSA) is 29.1 Å². The average molecular weight is 338 g/mol. The zero-order chi connectivity index (χ0) is 13.7. The number of hydrogen-bond acceptors (Lipinski definition) is 2. The summed E-state index contributed by atoms with van der Waals surface area (Å²) in [6.45, 7) is 3.81. The summed E-state index contributed by atoms with van der Waals surface area (Å²) in [6, 6.07) is 2.01. The van der Waals surface area contributed by atoms with Gasteiger partial charge in [0.25, 0.3) is 5.91 Å². The number of carbonyl (C=O) groups is 1. The summed E-state index contributed by atoms with van der Waals surface area (Å²) in [5, 5.41) is 2.58. The maximum Gasteiger partial charge on any atom is 0.257 e. The molecule has 1 atom stereocenters. The van der Waals surface area contributed by atoms with Gasteiger partial charge in [-0.05, 0) is 24.8 Å². The molecule has 0 aromatic heterocycles. The van der Waals surface area contributed by atoms with Crippen LogP contribution in [0.15, 0.2) is 16.6 Å². The third-order valence-corrected chi connectivity index (χ3v) is 3.79. The van der Waals surface area contributed by atoms with Gasteiger partial charge in [0.1, 0.15) is 17.2 Å². The quantitative estimate of drug-likeness (QED) is 0.889. The van der Waals surface area contributed by atoms with Gasteiger partial charge in [-0.1, -0.05) is 22.9 Å². The van der Waals surface area contributed by atoms with Crippen LogP contribution >= 0.6 is 27.7 Å². The molecule has 0 heterocycles. The number of amides is 1. The molecule has 0 radical (unpaired) electrons. The number of halogens is 3. The fourth-order valence-corrected chi connectivity index (χ4v) is 2.47. The summed E-state index contributed by atoms with van der Waals surface area (Å²) in [4.78, 5) is 11.8. The van der Waals surface area contributed by atoms with E-state index in [1.165, 1.54) is 0 Å². The molecule has 1 aromatic carbocycles. The van der Waals surface area contributed by atoms with E-state index in [9.17, 15) is 13.6 Å². The van der Waals surface area contributed by atoms with Gasteiger partial charge in [0.15, 0.2) is 0 Å². The van der Waals surface area contributed by atoms with Gasteiger partial charge in [0.2, 0.25) is 0 Å². The van der Waals surface area contributed by atoms with Crippen LogP contribution in [0.1, 0.15) is 24.2 Å². The largest absolute Gasteiger partial charge is 0.349 e. The van der Waals surface area contributed by atoms with E-state index in [1.807, 2.05) is 6.92 Å². The van der Waals surface area contributed by atoms with Crippen LogP contribution in [-0.2, 0) is 0 Å². The predicted molar refractivity (Wildman–Crippen MR) is 74.0 cm³/mol. The molecule has 0 aliphatic heterocycles. The molecule has 1 N–H and O–H groups in total. The van der Waals surface area contributed by atoms with Crippen LogP contribution in [0.2, 0.25) is 0 Å². The van der Waals surface area contributed by atoms with E-state index >= 15 is 0 Å². The number of benzene rings is 1. The molecular weight excluding hydrogens is 324 g/mol. The minimum atomic E-state index is -0.866. The van der Waals surface area contributed by atoms with Crippen molar-refractivity contribution in [1.82, 2.24) is 5.32 Å². The second kappa shape index (κ2) is 7.09. The summed E-state index contributed by atoms with van der Waals surface area (Å²) in [6.07, 6.45) is 0. The van der Waals surface area contributed by atoms with Gasteiger partial charge in [-0.25, -0.2) is 8.78 Å². The Morgan fingerprint density at radius 2 is 2.00 bits per heavy atom. The van der Waals surface area contributed by atoms with Crippen LogP contribution in [-0.4, -0.2) is 23.5 Å². The molecule has 2 nitrogen and oxygen atoms in total. The summed E-state index contributed by atoms with van der Waals surface area (Å²) in [5.41, 5.74) is -0.536. The van der Waals surface area contributed by atoms with Crippen LogP contribution in [0.25, 0.3) is 0 Å². The van der Waals surface area contributed by atoms with E-state index in [1.54, 1.807) is 18.7 Å². The molecule has 1 rings (SSSR count). The number of nitrogens with one attached hydrogen (secondary N) is 1. The van der Waals surface area contributed by atoms with E-state index in [0.29, 0.717) is 5.75 Å². The van der Waals surface area contributed by atoms with Gasteiger partial charge >= 0.3 is 0 Å². The number of hydrogen-bond donors (Lipinski definition) is 1. The zero-order valence-electron chi connectivity index (χ0n) is 10.1. The molecule has 100 valence electrons. The molecule has 1 unspecified atom stereocenters. The molecular formula is C12H14BrF2NOS. The summed E-state index contributed by atoms with van der Waals surface area (Å²) >= 11 is 4.62. The highest BCUT2D eigenvalue weighted by molar-refractivity contribution is 9.10. The lowest BCUT2D eigenvalue weighted by molar-refractivity contribution is 0.0935. The first-order valence-electron chi connectivity index (χ1n) is 5.48. The van der Waals surface area contributed by atoms with Crippen molar-refractivity contribution in [2.45, 2.75) is 19.9 Å². The van der Waals surface area contributed by atoms with Gasteiger partial charge in [0, 0.05) is 16.3 Å². The highest BCUT2D eigenvalue weighted by Crippen LogP contribution is 2.19. The maximum absolute atomic E-state index is 13.5. The fraction of sp³-hybridized carbons (Fsp3) is 0.417. The molecule has 0 saturated carbocycles. The lowest BCUT2D eigenvalue weighted by Crippen LogP contribution is -2.35. The second-order valence-electron chi connectivity index (χ2n) is 3.78. The standard InChI is InChI=1S/C12H14BrF2NOS/c1-3-18-6-7(2)16-12(17)11-9(14)4-8(13)5-10(11)15/h4-5,7H,3,6H2,1-2H3,(H,16,17). The summed E-state index contributed by atoms with van der Waals surface area (Å²) in [5.74, 6) is -0.811. The first-order valence-corrected chi connectivity index (χ1v) is 7.43. The van der Waals surface area contributed by atoms with Crippen molar-refractivity contribution in [3.63, 3.8) is 0 Å². The normalized spacial score (nSPS) is 12.3. The van der Waals surface area contributed by atoms with Gasteiger partial charge in [0.05, 0.1) is 0 Å². The molecule has 0 fully saturated rings. The SMILES string of the molecule is CCSCC(C)NC(=O)c1c(F)cc(Br)cc1F.